The molecule has 2 aromatic heterocycles. The summed E-state index contributed by atoms with van der Waals surface area (Å²) in [5.41, 5.74) is 8.72. The minimum atomic E-state index is -0.525. The molecule has 1 saturated heterocycles. The van der Waals surface area contributed by atoms with Crippen LogP contribution in [-0.4, -0.2) is 54.2 Å². The van der Waals surface area contributed by atoms with Gasteiger partial charge in [-0.15, -0.1) is 11.3 Å². The number of thiazole rings is 1. The summed E-state index contributed by atoms with van der Waals surface area (Å²) < 4.78 is 11.8. The zero-order chi connectivity index (χ0) is 25.9. The summed E-state index contributed by atoms with van der Waals surface area (Å²) in [6.45, 7) is 6.83. The normalized spacial score (nSPS) is 13.2. The third-order valence-electron chi connectivity index (χ3n) is 6.28. The number of ether oxygens (including phenoxy) is 2. The van der Waals surface area contributed by atoms with Crippen LogP contribution in [0.3, 0.4) is 0 Å². The number of carbonyl (C=O) groups excluding carboxylic acids is 1. The predicted octanol–water partition coefficient (Wildman–Crippen LogP) is 5.02. The lowest BCUT2D eigenvalue weighted by Gasteiger charge is -2.24. The van der Waals surface area contributed by atoms with Crippen molar-refractivity contribution in [3.8, 4) is 22.8 Å². The van der Waals surface area contributed by atoms with Crippen molar-refractivity contribution in [3.05, 3.63) is 46.8 Å². The number of anilines is 3. The Labute approximate surface area is 219 Å². The number of aromatic nitrogens is 3. The molecular formula is C27H30N6O3S. The zero-order valence-electron chi connectivity index (χ0n) is 21.2. The van der Waals surface area contributed by atoms with Gasteiger partial charge in [0.05, 0.1) is 24.4 Å². The van der Waals surface area contributed by atoms with E-state index in [1.807, 2.05) is 67.6 Å². The number of amides is 1. The van der Waals surface area contributed by atoms with Crippen LogP contribution in [0.5, 0.6) is 11.5 Å². The summed E-state index contributed by atoms with van der Waals surface area (Å²) in [6, 6.07) is 11.9. The van der Waals surface area contributed by atoms with Gasteiger partial charge in [-0.2, -0.15) is 4.98 Å². The van der Waals surface area contributed by atoms with Crippen LogP contribution in [0.25, 0.3) is 22.2 Å². The summed E-state index contributed by atoms with van der Waals surface area (Å²) in [4.78, 5) is 30.2. The number of primary amides is 1. The van der Waals surface area contributed by atoms with Crippen molar-refractivity contribution in [2.45, 2.75) is 26.7 Å². The first-order chi connectivity index (χ1) is 18.0. The topological polar surface area (TPSA) is 107 Å². The molecule has 0 unspecified atom stereocenters. The van der Waals surface area contributed by atoms with Crippen molar-refractivity contribution in [1.29, 1.82) is 0 Å². The Morgan fingerprint density at radius 2 is 1.78 bits per heavy atom. The first-order valence-corrected chi connectivity index (χ1v) is 13.3. The minimum absolute atomic E-state index is 0.291. The molecule has 0 spiro atoms. The fourth-order valence-electron chi connectivity index (χ4n) is 4.47. The lowest BCUT2D eigenvalue weighted by Crippen LogP contribution is -2.22. The van der Waals surface area contributed by atoms with E-state index in [1.54, 1.807) is 0 Å². The molecule has 0 saturated carbocycles. The molecule has 1 fully saturated rings. The SMILES string of the molecule is CCOc1cc2nc(N3CCCC3)nc(N(C)c3cccc(-c4csc(C(N)=O)n4)c3)c2cc1OCC. The Balaban J connectivity index is 1.62. The molecule has 37 heavy (non-hydrogen) atoms. The maximum atomic E-state index is 11.5. The van der Waals surface area contributed by atoms with Gasteiger partial charge in [0.25, 0.3) is 5.91 Å². The van der Waals surface area contributed by atoms with E-state index in [0.29, 0.717) is 41.4 Å². The third kappa shape index (κ3) is 5.01. The summed E-state index contributed by atoms with van der Waals surface area (Å²) >= 11 is 1.24. The molecule has 1 aliphatic heterocycles. The Hall–Kier alpha value is -3.92. The Kier molecular flexibility index (Phi) is 7.09. The first kappa shape index (κ1) is 24.8. The number of benzene rings is 2. The number of hydrogen-bond acceptors (Lipinski definition) is 9. The number of fused-ring (bicyclic) bond motifs is 1. The molecule has 1 aliphatic rings. The van der Waals surface area contributed by atoms with Crippen molar-refractivity contribution in [2.75, 3.05) is 43.2 Å². The molecule has 4 aromatic rings. The monoisotopic (exact) mass is 518 g/mol. The van der Waals surface area contributed by atoms with Crippen molar-refractivity contribution in [2.24, 2.45) is 5.73 Å². The fourth-order valence-corrected chi connectivity index (χ4v) is 5.15. The van der Waals surface area contributed by atoms with Gasteiger partial charge in [-0.05, 0) is 44.9 Å². The molecular weight excluding hydrogens is 488 g/mol. The first-order valence-electron chi connectivity index (χ1n) is 12.4. The average Bonchev–Trinajstić information content (AvgIpc) is 3.62. The van der Waals surface area contributed by atoms with E-state index in [4.69, 9.17) is 25.2 Å². The van der Waals surface area contributed by atoms with Crippen LogP contribution in [0.15, 0.2) is 41.8 Å². The van der Waals surface area contributed by atoms with E-state index in [2.05, 4.69) is 9.88 Å². The fraction of sp³-hybridized carbons (Fsp3) is 0.333. The second kappa shape index (κ2) is 10.6. The third-order valence-corrected chi connectivity index (χ3v) is 7.14. The van der Waals surface area contributed by atoms with Crippen LogP contribution in [0.1, 0.15) is 36.5 Å². The van der Waals surface area contributed by atoms with Gasteiger partial charge in [0.2, 0.25) is 5.95 Å². The standard InChI is InChI=1S/C27H30N6O3S/c1-4-35-22-14-19-20(15-23(22)36-5-2)30-27(33-11-6-7-12-33)31-25(19)32(3)18-10-8-9-17(13-18)21-16-37-26(29-21)24(28)34/h8-10,13-16H,4-7,11-12H2,1-3H3,(H2,28,34). The average molecular weight is 519 g/mol. The van der Waals surface area contributed by atoms with Gasteiger partial charge in [0, 0.05) is 48.2 Å². The molecule has 192 valence electrons. The van der Waals surface area contributed by atoms with Crippen LogP contribution in [0, 0.1) is 0 Å². The van der Waals surface area contributed by atoms with Crippen molar-refractivity contribution in [3.63, 3.8) is 0 Å². The number of hydrogen-bond donors (Lipinski definition) is 1. The Morgan fingerprint density at radius 3 is 2.46 bits per heavy atom. The highest BCUT2D eigenvalue weighted by atomic mass is 32.1. The summed E-state index contributed by atoms with van der Waals surface area (Å²) in [6.07, 6.45) is 2.26. The van der Waals surface area contributed by atoms with Gasteiger partial charge in [-0.3, -0.25) is 4.79 Å². The second-order valence-electron chi connectivity index (χ2n) is 8.73. The number of nitrogens with two attached hydrogens (primary N) is 1. The van der Waals surface area contributed by atoms with Crippen LogP contribution >= 0.6 is 11.3 Å². The summed E-state index contributed by atoms with van der Waals surface area (Å²) in [7, 11) is 1.99. The van der Waals surface area contributed by atoms with Crippen molar-refractivity contribution < 1.29 is 14.3 Å². The Bertz CT molecular complexity index is 1430. The number of rotatable bonds is 9. The van der Waals surface area contributed by atoms with Crippen LogP contribution in [-0.2, 0) is 0 Å². The van der Waals surface area contributed by atoms with Gasteiger partial charge in [-0.25, -0.2) is 9.97 Å². The maximum Gasteiger partial charge on any atom is 0.277 e. The van der Waals surface area contributed by atoms with E-state index < -0.39 is 5.91 Å². The molecule has 3 heterocycles. The smallest absolute Gasteiger partial charge is 0.277 e. The summed E-state index contributed by atoms with van der Waals surface area (Å²) in [5, 5.41) is 3.00. The van der Waals surface area contributed by atoms with E-state index >= 15 is 0 Å². The van der Waals surface area contributed by atoms with Gasteiger partial charge < -0.3 is 25.0 Å². The lowest BCUT2D eigenvalue weighted by molar-refractivity contribution is 0.1000. The highest BCUT2D eigenvalue weighted by Crippen LogP contribution is 2.39. The van der Waals surface area contributed by atoms with E-state index in [-0.39, 0.29) is 0 Å². The molecule has 1 amide bonds. The molecule has 0 radical (unpaired) electrons. The molecule has 9 nitrogen and oxygen atoms in total. The zero-order valence-corrected chi connectivity index (χ0v) is 22.0. The quantitative estimate of drug-likeness (QED) is 0.329. The van der Waals surface area contributed by atoms with Crippen LogP contribution < -0.4 is 25.0 Å². The van der Waals surface area contributed by atoms with E-state index in [0.717, 1.165) is 53.9 Å². The second-order valence-corrected chi connectivity index (χ2v) is 9.59. The van der Waals surface area contributed by atoms with Gasteiger partial charge in [0.1, 0.15) is 5.82 Å². The molecule has 2 aromatic carbocycles. The molecule has 0 atom stereocenters. The van der Waals surface area contributed by atoms with Crippen LogP contribution in [0.2, 0.25) is 0 Å². The molecule has 0 bridgehead atoms. The number of carbonyl (C=O) groups is 1. The van der Waals surface area contributed by atoms with Crippen LogP contribution in [0.4, 0.5) is 17.5 Å². The molecule has 0 aliphatic carbocycles. The van der Waals surface area contributed by atoms with Crippen molar-refractivity contribution in [1.82, 2.24) is 15.0 Å². The molecule has 2 N–H and O–H groups in total. The minimum Gasteiger partial charge on any atom is -0.490 e. The Morgan fingerprint density at radius 1 is 1.05 bits per heavy atom. The van der Waals surface area contributed by atoms with Gasteiger partial charge in [0.15, 0.2) is 16.5 Å². The lowest BCUT2D eigenvalue weighted by atomic mass is 10.1. The van der Waals surface area contributed by atoms with Crippen molar-refractivity contribution >= 4 is 45.6 Å². The number of nitrogens with zero attached hydrogens (tertiary/aromatic N) is 5. The van der Waals surface area contributed by atoms with Gasteiger partial charge in [-0.1, -0.05) is 12.1 Å². The highest BCUT2D eigenvalue weighted by molar-refractivity contribution is 7.12. The van der Waals surface area contributed by atoms with E-state index in [1.165, 1.54) is 11.3 Å². The summed E-state index contributed by atoms with van der Waals surface area (Å²) in [5.74, 6) is 2.29. The van der Waals surface area contributed by atoms with Gasteiger partial charge >= 0.3 is 0 Å². The molecule has 10 heteroatoms. The largest absolute Gasteiger partial charge is 0.490 e. The predicted molar refractivity (Wildman–Crippen MR) is 147 cm³/mol. The van der Waals surface area contributed by atoms with E-state index in [9.17, 15) is 4.79 Å². The maximum absolute atomic E-state index is 11.5. The molecule has 5 rings (SSSR count). The highest BCUT2D eigenvalue weighted by Gasteiger charge is 2.22.